The number of phenolic OH excluding ortho intramolecular Hbond substituents is 1. The zero-order valence-corrected chi connectivity index (χ0v) is 9.35. The molecule has 2 rings (SSSR count). The van der Waals surface area contributed by atoms with Gasteiger partial charge in [-0.2, -0.15) is 0 Å². The van der Waals surface area contributed by atoms with Crippen molar-refractivity contribution in [2.75, 3.05) is 0 Å². The molecule has 0 spiro atoms. The normalized spacial score (nSPS) is 12.4. The molecule has 2 aromatic carbocycles. The molecule has 2 aromatic rings. The van der Waals surface area contributed by atoms with Crippen LogP contribution in [0.4, 0.5) is 0 Å². The second-order valence-electron chi connectivity index (χ2n) is 4.02. The zero-order chi connectivity index (χ0) is 11.5. The first-order valence-corrected chi connectivity index (χ1v) is 5.38. The van der Waals surface area contributed by atoms with Crippen molar-refractivity contribution in [1.29, 1.82) is 0 Å². The Hall–Kier alpha value is -1.76. The van der Waals surface area contributed by atoms with Crippen LogP contribution in [0.1, 0.15) is 29.5 Å². The zero-order valence-electron chi connectivity index (χ0n) is 9.35. The average Bonchev–Trinajstić information content (AvgIpc) is 2.32. The molecule has 16 heavy (non-hydrogen) atoms. The largest absolute Gasteiger partial charge is 0.508 e. The van der Waals surface area contributed by atoms with Crippen LogP contribution in [0.15, 0.2) is 48.5 Å². The Morgan fingerprint density at radius 3 is 2.44 bits per heavy atom. The van der Waals surface area contributed by atoms with Crippen LogP contribution < -0.4 is 0 Å². The summed E-state index contributed by atoms with van der Waals surface area (Å²) >= 11 is 0. The first-order chi connectivity index (χ1) is 7.68. The van der Waals surface area contributed by atoms with Gasteiger partial charge in [0.05, 0.1) is 0 Å². The molecule has 0 aliphatic carbocycles. The van der Waals surface area contributed by atoms with Crippen molar-refractivity contribution in [2.45, 2.75) is 12.8 Å². The van der Waals surface area contributed by atoms with Crippen LogP contribution in [-0.2, 0) is 0 Å². The number of aromatic hydroxyl groups is 1. The second-order valence-corrected chi connectivity index (χ2v) is 4.02. The summed E-state index contributed by atoms with van der Waals surface area (Å²) in [7, 11) is 0. The van der Waals surface area contributed by atoms with E-state index in [9.17, 15) is 5.11 Å². The lowest BCUT2D eigenvalue weighted by atomic mass is 9.90. The molecule has 1 unspecified atom stereocenters. The summed E-state index contributed by atoms with van der Waals surface area (Å²) in [5.41, 5.74) is 3.28. The lowest BCUT2D eigenvalue weighted by Gasteiger charge is -2.15. The lowest BCUT2D eigenvalue weighted by molar-refractivity contribution is 0.474. The molecule has 0 amide bonds. The van der Waals surface area contributed by atoms with E-state index in [-0.39, 0.29) is 5.92 Å². The molecular formula is C15H15O. The minimum absolute atomic E-state index is 0.251. The molecule has 1 heteroatoms. The average molecular weight is 211 g/mol. The maximum atomic E-state index is 9.51. The van der Waals surface area contributed by atoms with E-state index in [1.807, 2.05) is 24.3 Å². The smallest absolute Gasteiger partial charge is 0.115 e. The fourth-order valence-corrected chi connectivity index (χ4v) is 1.91. The van der Waals surface area contributed by atoms with Crippen LogP contribution in [0.2, 0.25) is 0 Å². The van der Waals surface area contributed by atoms with Crippen molar-refractivity contribution in [3.63, 3.8) is 0 Å². The topological polar surface area (TPSA) is 20.2 Å². The highest BCUT2D eigenvalue weighted by atomic mass is 16.3. The Balaban J connectivity index is 2.41. The van der Waals surface area contributed by atoms with Gasteiger partial charge in [0.1, 0.15) is 5.75 Å². The number of rotatable bonds is 2. The monoisotopic (exact) mass is 211 g/mol. The molecule has 0 heterocycles. The maximum absolute atomic E-state index is 9.51. The highest BCUT2D eigenvalue weighted by Gasteiger charge is 2.10. The summed E-state index contributed by atoms with van der Waals surface area (Å²) < 4.78 is 0. The maximum Gasteiger partial charge on any atom is 0.115 e. The molecule has 1 radical (unpaired) electrons. The Labute approximate surface area is 96.4 Å². The van der Waals surface area contributed by atoms with E-state index in [2.05, 4.69) is 26.0 Å². The van der Waals surface area contributed by atoms with Gasteiger partial charge in [-0.05, 0) is 35.7 Å². The predicted molar refractivity (Wildman–Crippen MR) is 66.5 cm³/mol. The molecule has 1 atom stereocenters. The number of benzene rings is 2. The quantitative estimate of drug-likeness (QED) is 0.802. The van der Waals surface area contributed by atoms with Gasteiger partial charge in [-0.1, -0.05) is 43.3 Å². The van der Waals surface area contributed by atoms with Gasteiger partial charge in [0.15, 0.2) is 0 Å². The number of hydrogen-bond acceptors (Lipinski definition) is 1. The predicted octanol–water partition coefficient (Wildman–Crippen LogP) is 3.73. The standard InChI is InChI=1S/C15H15O/c1-11-8-9-14(16)10-15(11)12(2)13-6-4-3-5-7-13/h3-10,12,16H,1H2,2H3. The third kappa shape index (κ3) is 2.08. The molecule has 0 aliphatic heterocycles. The van der Waals surface area contributed by atoms with E-state index < -0.39 is 0 Å². The van der Waals surface area contributed by atoms with Crippen LogP contribution in [-0.4, -0.2) is 5.11 Å². The summed E-state index contributed by atoms with van der Waals surface area (Å²) in [5.74, 6) is 0.547. The number of hydrogen-bond donors (Lipinski definition) is 1. The van der Waals surface area contributed by atoms with Gasteiger partial charge in [0.2, 0.25) is 0 Å². The van der Waals surface area contributed by atoms with E-state index in [0.29, 0.717) is 5.75 Å². The fraction of sp³-hybridized carbons (Fsp3) is 0.133. The van der Waals surface area contributed by atoms with Gasteiger partial charge in [-0.15, -0.1) is 0 Å². The molecule has 0 aromatic heterocycles. The third-order valence-corrected chi connectivity index (χ3v) is 2.90. The van der Waals surface area contributed by atoms with Crippen LogP contribution in [0.3, 0.4) is 0 Å². The van der Waals surface area contributed by atoms with Crippen molar-refractivity contribution in [3.8, 4) is 5.75 Å². The Morgan fingerprint density at radius 2 is 1.75 bits per heavy atom. The van der Waals surface area contributed by atoms with Crippen LogP contribution in [0, 0.1) is 6.92 Å². The van der Waals surface area contributed by atoms with Gasteiger partial charge >= 0.3 is 0 Å². The van der Waals surface area contributed by atoms with Gasteiger partial charge in [0, 0.05) is 5.92 Å². The van der Waals surface area contributed by atoms with Crippen molar-refractivity contribution < 1.29 is 5.11 Å². The highest BCUT2D eigenvalue weighted by Crippen LogP contribution is 2.28. The third-order valence-electron chi connectivity index (χ3n) is 2.90. The fourth-order valence-electron chi connectivity index (χ4n) is 1.91. The molecule has 0 aliphatic rings. The summed E-state index contributed by atoms with van der Waals surface area (Å²) in [5, 5.41) is 9.51. The number of phenols is 1. The Morgan fingerprint density at radius 1 is 1.06 bits per heavy atom. The van der Waals surface area contributed by atoms with Crippen molar-refractivity contribution in [3.05, 3.63) is 72.1 Å². The van der Waals surface area contributed by atoms with Crippen LogP contribution >= 0.6 is 0 Å². The van der Waals surface area contributed by atoms with Crippen molar-refractivity contribution in [2.24, 2.45) is 0 Å². The first kappa shape index (κ1) is 10.7. The molecule has 81 valence electrons. The molecule has 1 N–H and O–H groups in total. The van der Waals surface area contributed by atoms with Gasteiger partial charge in [-0.25, -0.2) is 0 Å². The van der Waals surface area contributed by atoms with Crippen LogP contribution in [0.25, 0.3) is 0 Å². The molecule has 0 saturated carbocycles. The minimum atomic E-state index is 0.251. The molecule has 0 fully saturated rings. The van der Waals surface area contributed by atoms with E-state index in [4.69, 9.17) is 0 Å². The first-order valence-electron chi connectivity index (χ1n) is 5.38. The Kier molecular flexibility index (Phi) is 2.95. The lowest BCUT2D eigenvalue weighted by Crippen LogP contribution is -1.98. The summed E-state index contributed by atoms with van der Waals surface area (Å²) in [6.07, 6.45) is 0. The van der Waals surface area contributed by atoms with Gasteiger partial charge < -0.3 is 5.11 Å². The van der Waals surface area contributed by atoms with Crippen molar-refractivity contribution >= 4 is 0 Å². The summed E-state index contributed by atoms with van der Waals surface area (Å²) in [6.45, 7) is 6.12. The Bertz CT molecular complexity index is 474. The molecule has 0 bridgehead atoms. The molecule has 1 nitrogen and oxygen atoms in total. The summed E-state index contributed by atoms with van der Waals surface area (Å²) in [4.78, 5) is 0. The highest BCUT2D eigenvalue weighted by molar-refractivity contribution is 5.42. The van der Waals surface area contributed by atoms with E-state index in [1.54, 1.807) is 12.1 Å². The summed E-state index contributed by atoms with van der Waals surface area (Å²) in [6, 6.07) is 15.6. The molecule has 0 saturated heterocycles. The molecular weight excluding hydrogens is 196 g/mol. The van der Waals surface area contributed by atoms with E-state index in [0.717, 1.165) is 11.1 Å². The minimum Gasteiger partial charge on any atom is -0.508 e. The van der Waals surface area contributed by atoms with Crippen LogP contribution in [0.5, 0.6) is 5.75 Å². The SMILES string of the molecule is [CH2]c1ccc(O)cc1C(C)c1ccccc1. The second kappa shape index (κ2) is 4.40. The van der Waals surface area contributed by atoms with E-state index in [1.165, 1.54) is 5.56 Å². The van der Waals surface area contributed by atoms with Gasteiger partial charge in [-0.3, -0.25) is 0 Å². The van der Waals surface area contributed by atoms with Crippen molar-refractivity contribution in [1.82, 2.24) is 0 Å². The van der Waals surface area contributed by atoms with E-state index >= 15 is 0 Å². The van der Waals surface area contributed by atoms with Gasteiger partial charge in [0.25, 0.3) is 0 Å².